The third-order valence-corrected chi connectivity index (χ3v) is 10.3. The van der Waals surface area contributed by atoms with Crippen LogP contribution in [0.3, 0.4) is 0 Å². The Morgan fingerprint density at radius 1 is 0.571 bits per heavy atom. The molecule has 0 bridgehead atoms. The molecule has 1 heterocycles. The molecule has 0 spiro atoms. The number of thioether (sulfide) groups is 2. The Balaban J connectivity index is 1.76. The van der Waals surface area contributed by atoms with Gasteiger partial charge in [0, 0.05) is 34.5 Å². The number of methoxy groups -OCH3 is 4. The number of ether oxygens (including phenoxy) is 4. The van der Waals surface area contributed by atoms with Gasteiger partial charge in [-0.15, -0.1) is 23.5 Å². The molecule has 2 atom stereocenters. The van der Waals surface area contributed by atoms with Gasteiger partial charge in [0.15, 0.2) is 0 Å². The lowest BCUT2D eigenvalue weighted by molar-refractivity contribution is 0.398. The van der Waals surface area contributed by atoms with Crippen LogP contribution in [-0.4, -0.2) is 50.2 Å². The quantitative estimate of drug-likeness (QED) is 0.230. The smallest absolute Gasteiger partial charge is 0.132 e. The summed E-state index contributed by atoms with van der Waals surface area (Å²) in [7, 11) is 6.64. The average Bonchev–Trinajstić information content (AvgIpc) is 3.02. The van der Waals surface area contributed by atoms with Crippen LogP contribution in [0, 0.1) is 13.8 Å². The van der Waals surface area contributed by atoms with Gasteiger partial charge < -0.3 is 29.2 Å². The van der Waals surface area contributed by atoms with Crippen LogP contribution in [0.5, 0.6) is 34.5 Å². The Bertz CT molecular complexity index is 1450. The zero-order valence-corrected chi connectivity index (χ0v) is 26.3. The van der Waals surface area contributed by atoms with Gasteiger partial charge in [-0.3, -0.25) is 0 Å². The van der Waals surface area contributed by atoms with Crippen LogP contribution in [0.1, 0.15) is 45.2 Å². The van der Waals surface area contributed by atoms with Gasteiger partial charge in [-0.2, -0.15) is 0 Å². The second kappa shape index (κ2) is 12.7. The number of aryl methyl sites for hydroxylation is 2. The third-order valence-electron chi connectivity index (χ3n) is 7.85. The third kappa shape index (κ3) is 5.57. The predicted octanol–water partition coefficient (Wildman–Crippen LogP) is 7.91. The molecule has 0 aliphatic carbocycles. The fraction of sp³-hybridized carbons (Fsp3) is 0.294. The van der Waals surface area contributed by atoms with Crippen molar-refractivity contribution in [2.45, 2.75) is 35.5 Å². The van der Waals surface area contributed by atoms with E-state index in [1.165, 1.54) is 0 Å². The van der Waals surface area contributed by atoms with E-state index < -0.39 is 0 Å². The fourth-order valence-corrected chi connectivity index (χ4v) is 8.29. The van der Waals surface area contributed by atoms with E-state index in [1.807, 2.05) is 50.2 Å². The van der Waals surface area contributed by atoms with Crippen LogP contribution in [0.25, 0.3) is 0 Å². The minimum atomic E-state index is -0.152. The Hall–Kier alpha value is -3.62. The van der Waals surface area contributed by atoms with E-state index in [2.05, 4.69) is 24.3 Å². The fourth-order valence-electron chi connectivity index (χ4n) is 5.51. The van der Waals surface area contributed by atoms with Crippen LogP contribution >= 0.6 is 23.5 Å². The van der Waals surface area contributed by atoms with Gasteiger partial charge in [0.25, 0.3) is 0 Å². The van der Waals surface area contributed by atoms with E-state index in [4.69, 9.17) is 18.9 Å². The number of rotatable bonds is 6. The van der Waals surface area contributed by atoms with Gasteiger partial charge in [-0.1, -0.05) is 24.3 Å². The minimum Gasteiger partial charge on any atom is -0.506 e. The molecule has 8 heteroatoms. The summed E-state index contributed by atoms with van der Waals surface area (Å²) in [5.74, 6) is 4.37. The molecule has 6 nitrogen and oxygen atoms in total. The molecule has 0 saturated carbocycles. The molecule has 5 rings (SSSR count). The molecule has 0 aromatic heterocycles. The summed E-state index contributed by atoms with van der Waals surface area (Å²) in [5, 5.41) is 23.0. The molecule has 0 fully saturated rings. The maximum absolute atomic E-state index is 11.5. The van der Waals surface area contributed by atoms with E-state index in [1.54, 1.807) is 52.0 Å². The highest BCUT2D eigenvalue weighted by Crippen LogP contribution is 2.53. The highest BCUT2D eigenvalue weighted by molar-refractivity contribution is 8.00. The van der Waals surface area contributed by atoms with Crippen LogP contribution < -0.4 is 18.9 Å². The molecule has 1 aliphatic rings. The highest BCUT2D eigenvalue weighted by Gasteiger charge is 2.33. The molecule has 2 unspecified atom stereocenters. The second-order valence-electron chi connectivity index (χ2n) is 10.2. The topological polar surface area (TPSA) is 77.4 Å². The lowest BCUT2D eigenvalue weighted by atomic mass is 9.90. The lowest BCUT2D eigenvalue weighted by Crippen LogP contribution is -2.14. The molecule has 0 radical (unpaired) electrons. The van der Waals surface area contributed by atoms with Crippen molar-refractivity contribution in [3.63, 3.8) is 0 Å². The normalized spacial score (nSPS) is 16.6. The second-order valence-corrected chi connectivity index (χ2v) is 12.3. The standard InChI is InChI=1S/C34H36O6S2/c1-19-15-27(39-5)29-25(21-7-11-23(37-3)12-8-21)18-42-34-30(28(40-6)16-20(2)32(34)36)26(17-41-33(29)31(19)35)22-9-13-24(38-4)14-10-22/h7-16,25-26,35-36H,17-18H2,1-6H3. The first kappa shape index (κ1) is 29.9. The SMILES string of the molecule is COc1ccc(C2CSc3c(O)c(C)cc(OC)c3C(c3ccc(OC)cc3)CSc3c(O)c(C)cc(OC)c32)cc1. The summed E-state index contributed by atoms with van der Waals surface area (Å²) in [5.41, 5.74) is 5.48. The molecular weight excluding hydrogens is 569 g/mol. The summed E-state index contributed by atoms with van der Waals surface area (Å²) in [4.78, 5) is 1.59. The van der Waals surface area contributed by atoms with Crippen molar-refractivity contribution < 1.29 is 29.2 Å². The largest absolute Gasteiger partial charge is 0.506 e. The number of benzene rings is 4. The average molecular weight is 605 g/mol. The van der Waals surface area contributed by atoms with Crippen molar-refractivity contribution in [2.75, 3.05) is 39.9 Å². The van der Waals surface area contributed by atoms with Crippen molar-refractivity contribution in [1.82, 2.24) is 0 Å². The Morgan fingerprint density at radius 2 is 0.929 bits per heavy atom. The van der Waals surface area contributed by atoms with E-state index in [0.717, 1.165) is 66.2 Å². The molecule has 4 aromatic rings. The van der Waals surface area contributed by atoms with Gasteiger partial charge in [0.1, 0.15) is 34.5 Å². The first-order chi connectivity index (χ1) is 20.3. The van der Waals surface area contributed by atoms with E-state index >= 15 is 0 Å². The first-order valence-corrected chi connectivity index (χ1v) is 15.6. The molecule has 220 valence electrons. The van der Waals surface area contributed by atoms with Crippen molar-refractivity contribution in [3.05, 3.63) is 94.0 Å². The van der Waals surface area contributed by atoms with Gasteiger partial charge in [-0.05, 0) is 72.5 Å². The summed E-state index contributed by atoms with van der Waals surface area (Å²) in [6, 6.07) is 19.8. The number of phenols is 2. The minimum absolute atomic E-state index is 0.152. The summed E-state index contributed by atoms with van der Waals surface area (Å²) >= 11 is 3.19. The Morgan fingerprint density at radius 3 is 1.24 bits per heavy atom. The first-order valence-electron chi connectivity index (χ1n) is 13.7. The van der Waals surface area contributed by atoms with Crippen LogP contribution in [0.15, 0.2) is 70.5 Å². The maximum atomic E-state index is 11.5. The molecule has 0 amide bonds. The molecule has 42 heavy (non-hydrogen) atoms. The van der Waals surface area contributed by atoms with Gasteiger partial charge in [-0.25, -0.2) is 0 Å². The van der Waals surface area contributed by atoms with Gasteiger partial charge in [0.05, 0.1) is 38.2 Å². The van der Waals surface area contributed by atoms with Gasteiger partial charge >= 0.3 is 0 Å². The molecule has 2 N–H and O–H groups in total. The van der Waals surface area contributed by atoms with E-state index in [-0.39, 0.29) is 23.3 Å². The predicted molar refractivity (Wildman–Crippen MR) is 170 cm³/mol. The van der Waals surface area contributed by atoms with Crippen molar-refractivity contribution in [3.8, 4) is 34.5 Å². The van der Waals surface area contributed by atoms with Gasteiger partial charge in [0.2, 0.25) is 0 Å². The molecular formula is C34H36O6S2. The summed E-state index contributed by atoms with van der Waals surface area (Å²) < 4.78 is 22.8. The summed E-state index contributed by atoms with van der Waals surface area (Å²) in [6.07, 6.45) is 0. The number of fused-ring (bicyclic) bond motifs is 2. The molecule has 1 aliphatic heterocycles. The lowest BCUT2D eigenvalue weighted by Gasteiger charge is -2.30. The summed E-state index contributed by atoms with van der Waals surface area (Å²) in [6.45, 7) is 3.80. The zero-order valence-electron chi connectivity index (χ0n) is 24.7. The Kier molecular flexibility index (Phi) is 9.04. The zero-order chi connectivity index (χ0) is 30.0. The Labute approximate surface area is 256 Å². The van der Waals surface area contributed by atoms with Crippen LogP contribution in [0.2, 0.25) is 0 Å². The number of phenolic OH excluding ortho intramolecular Hbond substituents is 2. The van der Waals surface area contributed by atoms with Crippen molar-refractivity contribution in [1.29, 1.82) is 0 Å². The van der Waals surface area contributed by atoms with Crippen molar-refractivity contribution in [2.24, 2.45) is 0 Å². The van der Waals surface area contributed by atoms with Crippen LogP contribution in [-0.2, 0) is 0 Å². The monoisotopic (exact) mass is 604 g/mol. The number of hydrogen-bond donors (Lipinski definition) is 2. The van der Waals surface area contributed by atoms with Crippen LogP contribution in [0.4, 0.5) is 0 Å². The molecule has 4 aromatic carbocycles. The number of hydrogen-bond acceptors (Lipinski definition) is 8. The van der Waals surface area contributed by atoms with E-state index in [9.17, 15) is 10.2 Å². The van der Waals surface area contributed by atoms with E-state index in [0.29, 0.717) is 11.5 Å². The molecule has 0 saturated heterocycles. The van der Waals surface area contributed by atoms with Crippen molar-refractivity contribution >= 4 is 23.5 Å². The maximum Gasteiger partial charge on any atom is 0.132 e. The number of aromatic hydroxyl groups is 2. The highest BCUT2D eigenvalue weighted by atomic mass is 32.2.